The Morgan fingerprint density at radius 3 is 2.48 bits per heavy atom. The highest BCUT2D eigenvalue weighted by molar-refractivity contribution is 5.83. The third kappa shape index (κ3) is 2.49. The van der Waals surface area contributed by atoms with Crippen LogP contribution in [0.1, 0.15) is 29.5 Å². The maximum Gasteiger partial charge on any atom is 0.142 e. The van der Waals surface area contributed by atoms with Crippen molar-refractivity contribution in [3.05, 3.63) is 77.9 Å². The molecule has 2 aliphatic rings. The summed E-state index contributed by atoms with van der Waals surface area (Å²) in [5.74, 6) is 2.61. The fraction of sp³-hybridized carbons (Fsp3) is 0.250. The molecule has 0 fully saturated rings. The molecule has 3 atom stereocenters. The molecule has 0 saturated heterocycles. The minimum atomic E-state index is 0.239. The molecule has 0 aromatic heterocycles. The molecule has 1 heterocycles. The standard InChI is InChI=1S/C24H23NO2/c1-26-20-12-13-21(27-2)24-22(20)18-8-5-9-19(18)23(25-24)17-11-10-15-6-3-4-7-16(15)14-17/h3-8,10-14,18-19,23,25H,9H2,1-2H3. The first-order chi connectivity index (χ1) is 13.3. The minimum absolute atomic E-state index is 0.239. The summed E-state index contributed by atoms with van der Waals surface area (Å²) in [5, 5.41) is 6.35. The molecule has 0 radical (unpaired) electrons. The van der Waals surface area contributed by atoms with Gasteiger partial charge in [-0.2, -0.15) is 0 Å². The lowest BCUT2D eigenvalue weighted by Crippen LogP contribution is -2.29. The molecule has 1 N–H and O–H groups in total. The number of nitrogens with one attached hydrogen (secondary N) is 1. The summed E-state index contributed by atoms with van der Waals surface area (Å²) in [6, 6.07) is 19.6. The SMILES string of the molecule is COc1ccc(OC)c2c1NC(c1ccc3ccccc3c1)C1CC=CC21. The average Bonchev–Trinajstić information content (AvgIpc) is 3.21. The average molecular weight is 357 g/mol. The summed E-state index contributed by atoms with van der Waals surface area (Å²) in [6.07, 6.45) is 5.70. The van der Waals surface area contributed by atoms with E-state index in [1.165, 1.54) is 21.9 Å². The van der Waals surface area contributed by atoms with E-state index in [-0.39, 0.29) is 6.04 Å². The van der Waals surface area contributed by atoms with Gasteiger partial charge in [0.25, 0.3) is 0 Å². The molecule has 136 valence electrons. The van der Waals surface area contributed by atoms with Gasteiger partial charge in [0.15, 0.2) is 0 Å². The van der Waals surface area contributed by atoms with Crippen molar-refractivity contribution in [2.75, 3.05) is 19.5 Å². The van der Waals surface area contributed by atoms with E-state index in [2.05, 4.69) is 59.9 Å². The lowest BCUT2D eigenvalue weighted by Gasteiger charge is -2.38. The van der Waals surface area contributed by atoms with Gasteiger partial charge in [0.05, 0.1) is 25.9 Å². The van der Waals surface area contributed by atoms with E-state index in [1.807, 2.05) is 12.1 Å². The molecular weight excluding hydrogens is 334 g/mol. The molecule has 3 heteroatoms. The van der Waals surface area contributed by atoms with Gasteiger partial charge < -0.3 is 14.8 Å². The highest BCUT2D eigenvalue weighted by atomic mass is 16.5. The first-order valence-corrected chi connectivity index (χ1v) is 9.47. The Morgan fingerprint density at radius 2 is 1.67 bits per heavy atom. The first kappa shape index (κ1) is 16.2. The predicted octanol–water partition coefficient (Wildman–Crippen LogP) is 5.68. The number of methoxy groups -OCH3 is 2. The van der Waals surface area contributed by atoms with Crippen molar-refractivity contribution < 1.29 is 9.47 Å². The third-order valence-corrected chi connectivity index (χ3v) is 6.01. The van der Waals surface area contributed by atoms with Crippen molar-refractivity contribution in [1.82, 2.24) is 0 Å². The molecule has 0 saturated carbocycles. The van der Waals surface area contributed by atoms with Gasteiger partial charge in [0, 0.05) is 11.5 Å². The van der Waals surface area contributed by atoms with Crippen LogP contribution >= 0.6 is 0 Å². The highest BCUT2D eigenvalue weighted by Gasteiger charge is 2.40. The molecule has 3 aromatic carbocycles. The summed E-state index contributed by atoms with van der Waals surface area (Å²) < 4.78 is 11.4. The highest BCUT2D eigenvalue weighted by Crippen LogP contribution is 2.55. The van der Waals surface area contributed by atoms with E-state index in [4.69, 9.17) is 9.47 Å². The Labute approximate surface area is 159 Å². The number of hydrogen-bond donors (Lipinski definition) is 1. The Bertz CT molecular complexity index is 1040. The minimum Gasteiger partial charge on any atom is -0.496 e. The van der Waals surface area contributed by atoms with E-state index in [0.717, 1.165) is 23.6 Å². The molecule has 3 nitrogen and oxygen atoms in total. The molecule has 5 rings (SSSR count). The molecular formula is C24H23NO2. The normalized spacial score (nSPS) is 22.8. The molecule has 0 spiro atoms. The van der Waals surface area contributed by atoms with Gasteiger partial charge in [-0.05, 0) is 46.9 Å². The second kappa shape index (κ2) is 6.34. The molecule has 0 bridgehead atoms. The number of ether oxygens (including phenoxy) is 2. The van der Waals surface area contributed by atoms with Crippen LogP contribution in [0.3, 0.4) is 0 Å². The number of fused-ring (bicyclic) bond motifs is 4. The number of hydrogen-bond acceptors (Lipinski definition) is 3. The summed E-state index contributed by atoms with van der Waals surface area (Å²) >= 11 is 0. The van der Waals surface area contributed by atoms with Crippen LogP contribution in [-0.4, -0.2) is 14.2 Å². The fourth-order valence-electron chi connectivity index (χ4n) is 4.73. The van der Waals surface area contributed by atoms with Crippen LogP contribution in [0.4, 0.5) is 5.69 Å². The summed E-state index contributed by atoms with van der Waals surface area (Å²) in [7, 11) is 3.47. The van der Waals surface area contributed by atoms with Crippen LogP contribution in [0.15, 0.2) is 66.7 Å². The van der Waals surface area contributed by atoms with Crippen LogP contribution in [0, 0.1) is 5.92 Å². The van der Waals surface area contributed by atoms with Crippen LogP contribution in [0.2, 0.25) is 0 Å². The topological polar surface area (TPSA) is 30.5 Å². The van der Waals surface area contributed by atoms with Gasteiger partial charge in [-0.3, -0.25) is 0 Å². The quantitative estimate of drug-likeness (QED) is 0.611. The van der Waals surface area contributed by atoms with Crippen LogP contribution < -0.4 is 14.8 Å². The zero-order valence-electron chi connectivity index (χ0n) is 15.6. The third-order valence-electron chi connectivity index (χ3n) is 6.01. The number of rotatable bonds is 3. The van der Waals surface area contributed by atoms with E-state index < -0.39 is 0 Å². The number of benzene rings is 3. The van der Waals surface area contributed by atoms with E-state index in [9.17, 15) is 0 Å². The largest absolute Gasteiger partial charge is 0.496 e. The Morgan fingerprint density at radius 1 is 0.889 bits per heavy atom. The van der Waals surface area contributed by atoms with Gasteiger partial charge in [-0.25, -0.2) is 0 Å². The molecule has 1 aliphatic carbocycles. The predicted molar refractivity (Wildman–Crippen MR) is 110 cm³/mol. The monoisotopic (exact) mass is 357 g/mol. The zero-order chi connectivity index (χ0) is 18.4. The lowest BCUT2D eigenvalue weighted by atomic mass is 9.76. The molecule has 1 aliphatic heterocycles. The summed E-state index contributed by atoms with van der Waals surface area (Å²) in [5.41, 5.74) is 3.60. The van der Waals surface area contributed by atoms with Crippen molar-refractivity contribution in [2.45, 2.75) is 18.4 Å². The summed E-state index contributed by atoms with van der Waals surface area (Å²) in [6.45, 7) is 0. The van der Waals surface area contributed by atoms with E-state index in [0.29, 0.717) is 11.8 Å². The molecule has 3 aromatic rings. The van der Waals surface area contributed by atoms with E-state index >= 15 is 0 Å². The van der Waals surface area contributed by atoms with E-state index in [1.54, 1.807) is 14.2 Å². The van der Waals surface area contributed by atoms with Crippen molar-refractivity contribution in [2.24, 2.45) is 5.92 Å². The van der Waals surface area contributed by atoms with Crippen molar-refractivity contribution in [3.8, 4) is 11.5 Å². The second-order valence-corrected chi connectivity index (χ2v) is 7.34. The van der Waals surface area contributed by atoms with Crippen LogP contribution in [0.25, 0.3) is 10.8 Å². The van der Waals surface area contributed by atoms with Gasteiger partial charge in [0.1, 0.15) is 11.5 Å². The summed E-state index contributed by atoms with van der Waals surface area (Å²) in [4.78, 5) is 0. The lowest BCUT2D eigenvalue weighted by molar-refractivity contribution is 0.371. The maximum absolute atomic E-state index is 5.69. The van der Waals surface area contributed by atoms with Crippen molar-refractivity contribution in [1.29, 1.82) is 0 Å². The molecule has 0 amide bonds. The first-order valence-electron chi connectivity index (χ1n) is 9.47. The van der Waals surface area contributed by atoms with Crippen LogP contribution in [0.5, 0.6) is 11.5 Å². The Hall–Kier alpha value is -2.94. The van der Waals surface area contributed by atoms with Crippen LogP contribution in [-0.2, 0) is 0 Å². The Balaban J connectivity index is 1.65. The maximum atomic E-state index is 5.69. The van der Waals surface area contributed by atoms with Crippen molar-refractivity contribution >= 4 is 16.5 Å². The van der Waals surface area contributed by atoms with Gasteiger partial charge >= 0.3 is 0 Å². The Kier molecular flexibility index (Phi) is 3.82. The fourth-order valence-corrected chi connectivity index (χ4v) is 4.73. The van der Waals surface area contributed by atoms with Gasteiger partial charge in [-0.1, -0.05) is 48.6 Å². The van der Waals surface area contributed by atoms with Gasteiger partial charge in [-0.15, -0.1) is 0 Å². The molecule has 27 heavy (non-hydrogen) atoms. The number of anilines is 1. The van der Waals surface area contributed by atoms with Gasteiger partial charge in [0.2, 0.25) is 0 Å². The smallest absolute Gasteiger partial charge is 0.142 e. The number of allylic oxidation sites excluding steroid dienone is 2. The zero-order valence-corrected chi connectivity index (χ0v) is 15.6. The molecule has 3 unspecified atom stereocenters. The second-order valence-electron chi connectivity index (χ2n) is 7.34. The van der Waals surface area contributed by atoms with Crippen molar-refractivity contribution in [3.63, 3.8) is 0 Å².